The van der Waals surface area contributed by atoms with Gasteiger partial charge >= 0.3 is 6.18 Å². The van der Waals surface area contributed by atoms with Crippen molar-refractivity contribution in [3.05, 3.63) is 50.6 Å². The molecule has 10 heteroatoms. The maximum Gasteiger partial charge on any atom is 0.418 e. The predicted octanol–water partition coefficient (Wildman–Crippen LogP) is 5.74. The van der Waals surface area contributed by atoms with Gasteiger partial charge in [0.05, 0.1) is 21.9 Å². The highest BCUT2D eigenvalue weighted by Gasteiger charge is 2.34. The number of aryl methyl sites for hydroxylation is 1. The van der Waals surface area contributed by atoms with Crippen molar-refractivity contribution in [2.75, 3.05) is 5.32 Å². The summed E-state index contributed by atoms with van der Waals surface area (Å²) in [5, 5.41) is 2.68. The van der Waals surface area contributed by atoms with Gasteiger partial charge in [0.15, 0.2) is 5.16 Å². The van der Waals surface area contributed by atoms with E-state index in [-0.39, 0.29) is 11.2 Å². The van der Waals surface area contributed by atoms with Gasteiger partial charge in [0.1, 0.15) is 4.83 Å². The fourth-order valence-corrected chi connectivity index (χ4v) is 6.46. The fourth-order valence-electron chi connectivity index (χ4n) is 4.06. The van der Waals surface area contributed by atoms with Crippen LogP contribution in [0.4, 0.5) is 18.9 Å². The Labute approximate surface area is 197 Å². The molecule has 2 aromatic heterocycles. The molecule has 2 heterocycles. The van der Waals surface area contributed by atoms with Crippen LogP contribution >= 0.6 is 23.1 Å². The minimum absolute atomic E-state index is 0.118. The second-order valence-corrected chi connectivity index (χ2v) is 10.7. The van der Waals surface area contributed by atoms with Crippen molar-refractivity contribution in [2.24, 2.45) is 5.92 Å². The van der Waals surface area contributed by atoms with Crippen molar-refractivity contribution in [2.45, 2.75) is 63.2 Å². The van der Waals surface area contributed by atoms with Crippen LogP contribution in [0.2, 0.25) is 0 Å². The minimum Gasteiger partial charge on any atom is -0.325 e. The summed E-state index contributed by atoms with van der Waals surface area (Å²) in [4.78, 5) is 32.6. The quantitative estimate of drug-likeness (QED) is 0.362. The molecule has 4 rings (SSSR count). The lowest BCUT2D eigenvalue weighted by Gasteiger charge is -2.18. The van der Waals surface area contributed by atoms with Crippen molar-refractivity contribution < 1.29 is 18.0 Å². The Kier molecular flexibility index (Phi) is 6.59. The fraction of sp³-hybridized carbons (Fsp3) is 0.435. The van der Waals surface area contributed by atoms with E-state index in [4.69, 9.17) is 4.98 Å². The minimum atomic E-state index is -4.58. The number of aromatic nitrogens is 2. The van der Waals surface area contributed by atoms with Crippen molar-refractivity contribution in [1.82, 2.24) is 9.55 Å². The van der Waals surface area contributed by atoms with Crippen LogP contribution in [0.3, 0.4) is 0 Å². The van der Waals surface area contributed by atoms with Crippen molar-refractivity contribution >= 4 is 44.9 Å². The molecule has 0 bridgehead atoms. The average molecular weight is 496 g/mol. The number of benzene rings is 1. The number of rotatable bonds is 5. The molecule has 0 spiro atoms. The normalized spacial score (nSPS) is 17.1. The molecular weight excluding hydrogens is 471 g/mol. The molecule has 0 aliphatic heterocycles. The lowest BCUT2D eigenvalue weighted by molar-refractivity contribution is -0.137. The number of hydrogen-bond acceptors (Lipinski definition) is 5. The van der Waals surface area contributed by atoms with Gasteiger partial charge in [0, 0.05) is 11.4 Å². The molecule has 1 aliphatic rings. The van der Waals surface area contributed by atoms with Gasteiger partial charge in [0.2, 0.25) is 5.91 Å². The van der Waals surface area contributed by atoms with E-state index < -0.39 is 22.9 Å². The highest BCUT2D eigenvalue weighted by molar-refractivity contribution is 8.00. The number of halogens is 3. The van der Waals surface area contributed by atoms with Crippen LogP contribution in [0.1, 0.15) is 43.2 Å². The van der Waals surface area contributed by atoms with Gasteiger partial charge in [-0.1, -0.05) is 30.8 Å². The Morgan fingerprint density at radius 2 is 2.09 bits per heavy atom. The number of anilines is 1. The van der Waals surface area contributed by atoms with Crippen LogP contribution < -0.4 is 10.9 Å². The summed E-state index contributed by atoms with van der Waals surface area (Å²) >= 11 is 2.61. The summed E-state index contributed by atoms with van der Waals surface area (Å²) in [6.07, 6.45) is -1.74. The monoisotopic (exact) mass is 495 g/mol. The number of para-hydroxylation sites is 1. The lowest BCUT2D eigenvalue weighted by atomic mass is 9.89. The molecule has 0 saturated carbocycles. The lowest BCUT2D eigenvalue weighted by Crippen LogP contribution is -2.27. The largest absolute Gasteiger partial charge is 0.418 e. The molecule has 1 aliphatic carbocycles. The molecule has 3 aromatic rings. The van der Waals surface area contributed by atoms with E-state index in [1.165, 1.54) is 34.4 Å². The van der Waals surface area contributed by atoms with E-state index in [0.29, 0.717) is 27.8 Å². The number of fused-ring (bicyclic) bond motifs is 3. The Bertz CT molecular complexity index is 1270. The number of thiophene rings is 1. The van der Waals surface area contributed by atoms with Crippen molar-refractivity contribution in [3.63, 3.8) is 0 Å². The topological polar surface area (TPSA) is 64.0 Å². The molecule has 2 atom stereocenters. The number of carbonyl (C=O) groups excluding carboxylic acids is 1. The first-order valence-corrected chi connectivity index (χ1v) is 12.5. The third-order valence-corrected chi connectivity index (χ3v) is 8.08. The number of nitrogens with one attached hydrogen (secondary N) is 1. The maximum atomic E-state index is 13.3. The summed E-state index contributed by atoms with van der Waals surface area (Å²) in [5.41, 5.74) is -0.219. The zero-order valence-electron chi connectivity index (χ0n) is 18.5. The molecule has 1 N–H and O–H groups in total. The molecule has 0 radical (unpaired) electrons. The molecule has 5 nitrogen and oxygen atoms in total. The number of hydrogen-bond donors (Lipinski definition) is 1. The second-order valence-electron chi connectivity index (χ2n) is 8.27. The number of nitrogens with zero attached hydrogens (tertiary/aromatic N) is 2. The Morgan fingerprint density at radius 3 is 2.79 bits per heavy atom. The summed E-state index contributed by atoms with van der Waals surface area (Å²) in [5.74, 6) is -0.0240. The first kappa shape index (κ1) is 23.8. The van der Waals surface area contributed by atoms with E-state index in [0.717, 1.165) is 42.7 Å². The second kappa shape index (κ2) is 9.13. The summed E-state index contributed by atoms with van der Waals surface area (Å²) in [6.45, 7) is 6.01. The van der Waals surface area contributed by atoms with Gasteiger partial charge in [-0.2, -0.15) is 13.2 Å². The molecular formula is C23H24F3N3O2S2. The Balaban J connectivity index is 1.62. The van der Waals surface area contributed by atoms with Gasteiger partial charge < -0.3 is 5.32 Å². The number of carbonyl (C=O) groups is 1. The van der Waals surface area contributed by atoms with Gasteiger partial charge in [0.25, 0.3) is 5.56 Å². The highest BCUT2D eigenvalue weighted by atomic mass is 32.2. The van der Waals surface area contributed by atoms with Crippen molar-refractivity contribution in [3.8, 4) is 0 Å². The van der Waals surface area contributed by atoms with Gasteiger partial charge in [-0.15, -0.1) is 11.3 Å². The molecule has 33 heavy (non-hydrogen) atoms. The molecule has 176 valence electrons. The summed E-state index contributed by atoms with van der Waals surface area (Å²) < 4.78 is 41.3. The van der Waals surface area contributed by atoms with Crippen LogP contribution in [0.5, 0.6) is 0 Å². The molecule has 1 aromatic carbocycles. The first-order valence-electron chi connectivity index (χ1n) is 10.8. The third-order valence-electron chi connectivity index (χ3n) is 5.84. The van der Waals surface area contributed by atoms with E-state index in [2.05, 4.69) is 12.2 Å². The van der Waals surface area contributed by atoms with Crippen LogP contribution in [0.25, 0.3) is 10.2 Å². The molecule has 1 amide bonds. The molecule has 2 unspecified atom stereocenters. The summed E-state index contributed by atoms with van der Waals surface area (Å²) in [7, 11) is 0. The zero-order valence-corrected chi connectivity index (χ0v) is 20.1. The molecule has 0 fully saturated rings. The van der Waals surface area contributed by atoms with E-state index in [1.54, 1.807) is 11.5 Å². The van der Waals surface area contributed by atoms with Gasteiger partial charge in [-0.3, -0.25) is 14.2 Å². The van der Waals surface area contributed by atoms with Crippen LogP contribution in [-0.4, -0.2) is 20.7 Å². The smallest absolute Gasteiger partial charge is 0.325 e. The average Bonchev–Trinajstić information content (AvgIpc) is 3.10. The SMILES string of the molecule is CCn1c(SC(C)C(=O)Nc2ccccc2C(F)(F)F)nc2sc3c(c2c1=O)CCC(C)C3. The van der Waals surface area contributed by atoms with Gasteiger partial charge in [-0.25, -0.2) is 4.98 Å². The van der Waals surface area contributed by atoms with E-state index in [9.17, 15) is 22.8 Å². The number of thioether (sulfide) groups is 1. The number of amides is 1. The maximum absolute atomic E-state index is 13.3. The van der Waals surface area contributed by atoms with E-state index in [1.807, 2.05) is 6.92 Å². The summed E-state index contributed by atoms with van der Waals surface area (Å²) in [6, 6.07) is 4.86. The van der Waals surface area contributed by atoms with E-state index >= 15 is 0 Å². The van der Waals surface area contributed by atoms with Crippen LogP contribution in [0.15, 0.2) is 34.2 Å². The first-order chi connectivity index (χ1) is 15.6. The van der Waals surface area contributed by atoms with Crippen molar-refractivity contribution in [1.29, 1.82) is 0 Å². The Morgan fingerprint density at radius 1 is 1.36 bits per heavy atom. The predicted molar refractivity (Wildman–Crippen MR) is 126 cm³/mol. The Hall–Kier alpha value is -2.33. The highest BCUT2D eigenvalue weighted by Crippen LogP contribution is 2.37. The van der Waals surface area contributed by atoms with Crippen LogP contribution in [-0.2, 0) is 30.4 Å². The van der Waals surface area contributed by atoms with Gasteiger partial charge in [-0.05, 0) is 56.7 Å². The van der Waals surface area contributed by atoms with Crippen LogP contribution in [0, 0.1) is 5.92 Å². The zero-order chi connectivity index (χ0) is 23.9. The standard InChI is InChI=1S/C23H24F3N3O2S2/c1-4-29-21(31)18-14-10-9-12(2)11-17(14)33-20(18)28-22(29)32-13(3)19(30)27-16-8-6-5-7-15(16)23(24,25)26/h5-8,12-13H,4,9-11H2,1-3H3,(H,27,30). The third kappa shape index (κ3) is 4.68. The molecule has 0 saturated heterocycles. The number of alkyl halides is 3.